The van der Waals surface area contributed by atoms with Crippen LogP contribution in [-0.4, -0.2) is 46.5 Å². The van der Waals surface area contributed by atoms with Crippen LogP contribution in [0.25, 0.3) is 0 Å². The molecule has 3 atom stereocenters. The predicted octanol–water partition coefficient (Wildman–Crippen LogP) is 2.15. The van der Waals surface area contributed by atoms with Crippen LogP contribution in [0.5, 0.6) is 0 Å². The highest BCUT2D eigenvalue weighted by molar-refractivity contribution is 8.00. The van der Waals surface area contributed by atoms with Crippen LogP contribution >= 0.6 is 11.8 Å². The number of carbonyl (C=O) groups excluding carboxylic acids is 2. The minimum atomic E-state index is -0.643. The molecule has 6 heteroatoms. The van der Waals surface area contributed by atoms with Crippen LogP contribution in [0.2, 0.25) is 0 Å². The molecule has 1 aliphatic carbocycles. The number of hydrogen-bond acceptors (Lipinski definition) is 3. The molecule has 0 radical (unpaired) electrons. The van der Waals surface area contributed by atoms with Crippen LogP contribution < -0.4 is 11.1 Å². The standard InChI is InChI=1S/C18H25N3O2S/c19-18(23)20-14(12-13-6-2-1-3-7-13)17(22)21-10-11-24-16-9-5-4-8-15(16)21/h1-3,6-7,14-16H,4-5,8-12H2,(H3,19,20,23)/t14-,15+,16+/m1/s1. The van der Waals surface area contributed by atoms with Gasteiger partial charge in [0.1, 0.15) is 6.04 Å². The molecule has 3 N–H and O–H groups in total. The number of thioether (sulfide) groups is 1. The lowest BCUT2D eigenvalue weighted by Gasteiger charge is -2.44. The minimum absolute atomic E-state index is 0.00912. The van der Waals surface area contributed by atoms with Gasteiger partial charge in [0, 0.05) is 30.0 Å². The number of nitrogens with one attached hydrogen (secondary N) is 1. The maximum atomic E-state index is 13.1. The maximum absolute atomic E-state index is 13.1. The second-order valence-corrected chi connectivity index (χ2v) is 7.89. The molecule has 1 heterocycles. The Labute approximate surface area is 147 Å². The third-order valence-corrected chi connectivity index (χ3v) is 6.31. The van der Waals surface area contributed by atoms with Crippen molar-refractivity contribution in [3.8, 4) is 0 Å². The molecule has 130 valence electrons. The first-order valence-electron chi connectivity index (χ1n) is 8.67. The Kier molecular flexibility index (Phi) is 5.66. The second-order valence-electron chi connectivity index (χ2n) is 6.54. The Hall–Kier alpha value is -1.69. The van der Waals surface area contributed by atoms with E-state index in [0.717, 1.165) is 24.3 Å². The van der Waals surface area contributed by atoms with E-state index in [2.05, 4.69) is 5.32 Å². The smallest absolute Gasteiger partial charge is 0.312 e. The summed E-state index contributed by atoms with van der Waals surface area (Å²) >= 11 is 1.99. The number of hydrogen-bond donors (Lipinski definition) is 2. The molecule has 24 heavy (non-hydrogen) atoms. The van der Waals surface area contributed by atoms with Crippen molar-refractivity contribution in [3.05, 3.63) is 35.9 Å². The molecule has 1 aliphatic heterocycles. The number of primary amides is 1. The van der Waals surface area contributed by atoms with Crippen molar-refractivity contribution in [2.24, 2.45) is 5.73 Å². The Morgan fingerprint density at radius 2 is 2.00 bits per heavy atom. The molecule has 2 aliphatic rings. The van der Waals surface area contributed by atoms with Crippen molar-refractivity contribution in [3.63, 3.8) is 0 Å². The number of nitrogens with zero attached hydrogens (tertiary/aromatic N) is 1. The molecule has 0 unspecified atom stereocenters. The quantitative estimate of drug-likeness (QED) is 0.876. The van der Waals surface area contributed by atoms with Gasteiger partial charge >= 0.3 is 6.03 Å². The van der Waals surface area contributed by atoms with Gasteiger partial charge in [0.05, 0.1) is 0 Å². The van der Waals surface area contributed by atoms with Crippen LogP contribution in [0.15, 0.2) is 30.3 Å². The summed E-state index contributed by atoms with van der Waals surface area (Å²) in [4.78, 5) is 26.5. The lowest BCUT2D eigenvalue weighted by molar-refractivity contribution is -0.136. The van der Waals surface area contributed by atoms with Crippen molar-refractivity contribution < 1.29 is 9.59 Å². The summed E-state index contributed by atoms with van der Waals surface area (Å²) in [5.74, 6) is 0.983. The summed E-state index contributed by atoms with van der Waals surface area (Å²) in [6.45, 7) is 0.760. The molecule has 3 rings (SSSR count). The molecule has 0 bridgehead atoms. The normalized spacial score (nSPS) is 24.8. The van der Waals surface area contributed by atoms with Gasteiger partial charge in [0.15, 0.2) is 0 Å². The van der Waals surface area contributed by atoms with Crippen LogP contribution in [0, 0.1) is 0 Å². The first-order chi connectivity index (χ1) is 11.6. The number of urea groups is 1. The number of rotatable bonds is 4. The molecule has 5 nitrogen and oxygen atoms in total. The Bertz CT molecular complexity index is 579. The summed E-state index contributed by atoms with van der Waals surface area (Å²) < 4.78 is 0. The Balaban J connectivity index is 1.75. The Morgan fingerprint density at radius 1 is 1.25 bits per heavy atom. The zero-order chi connectivity index (χ0) is 16.9. The third kappa shape index (κ3) is 4.04. The van der Waals surface area contributed by atoms with Gasteiger partial charge in [0.2, 0.25) is 5.91 Å². The van der Waals surface area contributed by atoms with Crippen LogP contribution in [0.3, 0.4) is 0 Å². The first-order valence-corrected chi connectivity index (χ1v) is 9.72. The van der Waals surface area contributed by atoms with E-state index in [9.17, 15) is 9.59 Å². The first kappa shape index (κ1) is 17.1. The summed E-state index contributed by atoms with van der Waals surface area (Å²) in [6.07, 6.45) is 5.16. The van der Waals surface area contributed by atoms with Crippen molar-refractivity contribution in [2.45, 2.75) is 49.4 Å². The van der Waals surface area contributed by atoms with E-state index in [4.69, 9.17) is 5.73 Å². The van der Waals surface area contributed by atoms with Crippen LogP contribution in [0.1, 0.15) is 31.2 Å². The Morgan fingerprint density at radius 3 is 2.75 bits per heavy atom. The molecule has 1 aromatic carbocycles. The molecule has 1 saturated carbocycles. The minimum Gasteiger partial charge on any atom is -0.352 e. The molecule has 1 saturated heterocycles. The fourth-order valence-corrected chi connectivity index (χ4v) is 5.24. The number of carbonyl (C=O) groups is 2. The van der Waals surface area contributed by atoms with Gasteiger partial charge in [-0.05, 0) is 18.4 Å². The van der Waals surface area contributed by atoms with Crippen LogP contribution in [0.4, 0.5) is 4.79 Å². The van der Waals surface area contributed by atoms with Crippen molar-refractivity contribution in [1.82, 2.24) is 10.2 Å². The van der Waals surface area contributed by atoms with E-state index in [1.165, 1.54) is 19.3 Å². The predicted molar refractivity (Wildman–Crippen MR) is 96.9 cm³/mol. The fourth-order valence-electron chi connectivity index (χ4n) is 3.79. The van der Waals surface area contributed by atoms with E-state index in [1.807, 2.05) is 47.0 Å². The fraction of sp³-hybridized carbons (Fsp3) is 0.556. The number of nitrogens with two attached hydrogens (primary N) is 1. The van der Waals surface area contributed by atoms with Gasteiger partial charge in [-0.2, -0.15) is 11.8 Å². The second kappa shape index (κ2) is 7.92. The van der Waals surface area contributed by atoms with Gasteiger partial charge < -0.3 is 16.0 Å². The highest BCUT2D eigenvalue weighted by Crippen LogP contribution is 2.35. The molecule has 2 fully saturated rings. The van der Waals surface area contributed by atoms with E-state index < -0.39 is 12.1 Å². The molecular weight excluding hydrogens is 322 g/mol. The average Bonchev–Trinajstić information content (AvgIpc) is 2.60. The van der Waals surface area contributed by atoms with Gasteiger partial charge in [-0.25, -0.2) is 4.79 Å². The van der Waals surface area contributed by atoms with Crippen molar-refractivity contribution in [2.75, 3.05) is 12.3 Å². The van der Waals surface area contributed by atoms with E-state index in [0.29, 0.717) is 17.7 Å². The number of benzene rings is 1. The third-order valence-electron chi connectivity index (χ3n) is 4.91. The van der Waals surface area contributed by atoms with Crippen molar-refractivity contribution in [1.29, 1.82) is 0 Å². The average molecular weight is 347 g/mol. The van der Waals surface area contributed by atoms with E-state index in [-0.39, 0.29) is 5.91 Å². The monoisotopic (exact) mass is 347 g/mol. The summed E-state index contributed by atoms with van der Waals surface area (Å²) in [6, 6.07) is 8.84. The van der Waals surface area contributed by atoms with E-state index in [1.54, 1.807) is 0 Å². The highest BCUT2D eigenvalue weighted by atomic mass is 32.2. The lowest BCUT2D eigenvalue weighted by atomic mass is 9.92. The number of amides is 3. The molecule has 3 amide bonds. The summed E-state index contributed by atoms with van der Waals surface area (Å²) in [5.41, 5.74) is 6.35. The maximum Gasteiger partial charge on any atom is 0.312 e. The van der Waals surface area contributed by atoms with Crippen LogP contribution in [-0.2, 0) is 11.2 Å². The molecule has 0 aromatic heterocycles. The van der Waals surface area contributed by atoms with Gasteiger partial charge in [-0.1, -0.05) is 43.2 Å². The summed E-state index contributed by atoms with van der Waals surface area (Å²) in [7, 11) is 0. The number of fused-ring (bicyclic) bond motifs is 1. The topological polar surface area (TPSA) is 75.4 Å². The zero-order valence-electron chi connectivity index (χ0n) is 13.8. The largest absolute Gasteiger partial charge is 0.352 e. The van der Waals surface area contributed by atoms with Gasteiger partial charge in [-0.15, -0.1) is 0 Å². The molecular formula is C18H25N3O2S. The lowest BCUT2D eigenvalue weighted by Crippen LogP contribution is -2.58. The van der Waals surface area contributed by atoms with E-state index >= 15 is 0 Å². The van der Waals surface area contributed by atoms with Crippen molar-refractivity contribution >= 4 is 23.7 Å². The molecule has 1 aromatic rings. The van der Waals surface area contributed by atoms with Gasteiger partial charge in [-0.3, -0.25) is 4.79 Å². The SMILES string of the molecule is NC(=O)N[C@H](Cc1ccccc1)C(=O)N1CCS[C@H]2CCCC[C@@H]21. The summed E-state index contributed by atoms with van der Waals surface area (Å²) in [5, 5.41) is 3.21. The molecule has 0 spiro atoms. The zero-order valence-corrected chi connectivity index (χ0v) is 14.6. The van der Waals surface area contributed by atoms with Gasteiger partial charge in [0.25, 0.3) is 0 Å². The highest BCUT2D eigenvalue weighted by Gasteiger charge is 2.38.